The molecule has 1 aliphatic rings. The van der Waals surface area contributed by atoms with E-state index in [0.29, 0.717) is 41.8 Å². The molecule has 4 heterocycles. The fraction of sp³-hybridized carbons (Fsp3) is 0.333. The van der Waals surface area contributed by atoms with Crippen molar-refractivity contribution in [3.8, 4) is 11.5 Å². The van der Waals surface area contributed by atoms with Crippen molar-refractivity contribution in [3.63, 3.8) is 0 Å². The Morgan fingerprint density at radius 3 is 2.76 bits per heavy atom. The lowest BCUT2D eigenvalue weighted by molar-refractivity contribution is 0.102. The lowest BCUT2D eigenvalue weighted by Crippen LogP contribution is -2.26. The molecular formula is C21H22FN5O2. The van der Waals surface area contributed by atoms with Crippen molar-refractivity contribution in [2.24, 2.45) is 0 Å². The van der Waals surface area contributed by atoms with Crippen molar-refractivity contribution >= 4 is 17.4 Å². The van der Waals surface area contributed by atoms with Crippen LogP contribution in [0.3, 0.4) is 0 Å². The van der Waals surface area contributed by atoms with Crippen molar-refractivity contribution in [2.45, 2.75) is 32.4 Å². The maximum atomic E-state index is 13.8. The summed E-state index contributed by atoms with van der Waals surface area (Å²) in [6, 6.07) is 7.14. The number of anilines is 2. The highest BCUT2D eigenvalue weighted by Gasteiger charge is 2.30. The summed E-state index contributed by atoms with van der Waals surface area (Å²) >= 11 is 0. The largest absolute Gasteiger partial charge is 0.463 e. The van der Waals surface area contributed by atoms with E-state index in [2.05, 4.69) is 34.1 Å². The first-order valence-corrected chi connectivity index (χ1v) is 9.58. The van der Waals surface area contributed by atoms with Crippen LogP contribution in [0.15, 0.2) is 47.5 Å². The number of aromatic nitrogens is 3. The van der Waals surface area contributed by atoms with Crippen LogP contribution in [-0.4, -0.2) is 40.1 Å². The highest BCUT2D eigenvalue weighted by atomic mass is 19.1. The predicted molar refractivity (Wildman–Crippen MR) is 108 cm³/mol. The summed E-state index contributed by atoms with van der Waals surface area (Å²) in [5, 5.41) is 2.86. The molecule has 29 heavy (non-hydrogen) atoms. The molecule has 0 aromatic carbocycles. The first-order chi connectivity index (χ1) is 14.0. The fourth-order valence-electron chi connectivity index (χ4n) is 3.35. The van der Waals surface area contributed by atoms with Crippen molar-refractivity contribution in [1.29, 1.82) is 0 Å². The number of nitrogens with zero attached hydrogens (tertiary/aromatic N) is 4. The molecular weight excluding hydrogens is 373 g/mol. The van der Waals surface area contributed by atoms with Gasteiger partial charge in [0.25, 0.3) is 5.91 Å². The second kappa shape index (κ2) is 7.98. The Labute approximate surface area is 168 Å². The number of nitrogens with one attached hydrogen (secondary N) is 1. The molecule has 0 unspecified atom stereocenters. The Bertz CT molecular complexity index is 989. The number of hydrogen-bond acceptors (Lipinski definition) is 6. The normalized spacial score (nSPS) is 16.4. The number of amides is 1. The van der Waals surface area contributed by atoms with Gasteiger partial charge in [-0.1, -0.05) is 13.8 Å². The molecule has 1 N–H and O–H groups in total. The zero-order valence-electron chi connectivity index (χ0n) is 16.3. The lowest BCUT2D eigenvalue weighted by atomic mass is 10.1. The summed E-state index contributed by atoms with van der Waals surface area (Å²) < 4.78 is 19.3. The van der Waals surface area contributed by atoms with Crippen molar-refractivity contribution < 1.29 is 13.6 Å². The van der Waals surface area contributed by atoms with Crippen LogP contribution in [0.5, 0.6) is 0 Å². The predicted octanol–water partition coefficient (Wildman–Crippen LogP) is 4.06. The van der Waals surface area contributed by atoms with Crippen LogP contribution in [0, 0.1) is 0 Å². The maximum Gasteiger partial charge on any atom is 0.261 e. The molecule has 3 aromatic heterocycles. The number of pyridine rings is 1. The molecule has 1 atom stereocenters. The molecule has 0 aliphatic carbocycles. The van der Waals surface area contributed by atoms with Gasteiger partial charge in [0, 0.05) is 12.2 Å². The second-order valence-electron chi connectivity index (χ2n) is 7.31. The molecule has 1 saturated heterocycles. The van der Waals surface area contributed by atoms with Gasteiger partial charge in [-0.15, -0.1) is 0 Å². The van der Waals surface area contributed by atoms with E-state index in [0.717, 1.165) is 5.69 Å². The minimum atomic E-state index is -0.944. The van der Waals surface area contributed by atoms with E-state index in [1.807, 2.05) is 12.1 Å². The summed E-state index contributed by atoms with van der Waals surface area (Å²) in [6.45, 7) is 4.79. The van der Waals surface area contributed by atoms with E-state index in [-0.39, 0.29) is 12.1 Å². The van der Waals surface area contributed by atoms with Gasteiger partial charge in [-0.2, -0.15) is 0 Å². The van der Waals surface area contributed by atoms with Gasteiger partial charge >= 0.3 is 0 Å². The van der Waals surface area contributed by atoms with E-state index < -0.39 is 12.1 Å². The third-order valence-corrected chi connectivity index (χ3v) is 4.87. The van der Waals surface area contributed by atoms with Crippen LogP contribution in [-0.2, 0) is 0 Å². The van der Waals surface area contributed by atoms with Gasteiger partial charge in [-0.25, -0.2) is 14.4 Å². The Morgan fingerprint density at radius 2 is 2.14 bits per heavy atom. The monoisotopic (exact) mass is 395 g/mol. The SMILES string of the molecule is CC(C)c1ccc(NC(=O)c2c(-c3ccco3)ncnc2N2CC[C@H](F)C2)cn1. The molecule has 1 amide bonds. The summed E-state index contributed by atoms with van der Waals surface area (Å²) in [6.07, 6.45) is 3.97. The first kappa shape index (κ1) is 19.0. The zero-order chi connectivity index (χ0) is 20.4. The van der Waals surface area contributed by atoms with Gasteiger partial charge in [0.2, 0.25) is 0 Å². The Morgan fingerprint density at radius 1 is 1.28 bits per heavy atom. The Hall–Kier alpha value is -3.29. The van der Waals surface area contributed by atoms with E-state index in [1.54, 1.807) is 23.2 Å². The van der Waals surface area contributed by atoms with Gasteiger partial charge in [0.05, 0.1) is 24.7 Å². The molecule has 0 spiro atoms. The summed E-state index contributed by atoms with van der Waals surface area (Å²) in [4.78, 5) is 27.9. The number of hydrogen-bond donors (Lipinski definition) is 1. The third kappa shape index (κ3) is 3.96. The highest BCUT2D eigenvalue weighted by Crippen LogP contribution is 2.31. The minimum absolute atomic E-state index is 0.194. The summed E-state index contributed by atoms with van der Waals surface area (Å²) in [5.41, 5.74) is 2.12. The van der Waals surface area contributed by atoms with Gasteiger partial charge in [-0.05, 0) is 36.6 Å². The molecule has 0 radical (unpaired) electrons. The van der Waals surface area contributed by atoms with Crippen LogP contribution in [0.25, 0.3) is 11.5 Å². The van der Waals surface area contributed by atoms with Crippen molar-refractivity contribution in [2.75, 3.05) is 23.3 Å². The number of furan rings is 1. The van der Waals surface area contributed by atoms with Crippen molar-refractivity contribution in [3.05, 3.63) is 54.3 Å². The summed E-state index contributed by atoms with van der Waals surface area (Å²) in [5.74, 6) is 0.746. The van der Waals surface area contributed by atoms with Crippen LogP contribution in [0.1, 0.15) is 42.2 Å². The van der Waals surface area contributed by atoms with E-state index in [4.69, 9.17) is 4.42 Å². The zero-order valence-corrected chi connectivity index (χ0v) is 16.3. The quantitative estimate of drug-likeness (QED) is 0.701. The molecule has 3 aromatic rings. The van der Waals surface area contributed by atoms with Crippen LogP contribution in [0.4, 0.5) is 15.9 Å². The van der Waals surface area contributed by atoms with E-state index in [1.165, 1.54) is 12.6 Å². The maximum absolute atomic E-state index is 13.8. The average Bonchev–Trinajstić information content (AvgIpc) is 3.39. The number of alkyl halides is 1. The minimum Gasteiger partial charge on any atom is -0.463 e. The number of carbonyl (C=O) groups is 1. The smallest absolute Gasteiger partial charge is 0.261 e. The standard InChI is InChI=1S/C21H22FN5O2/c1-13(2)16-6-5-15(10-23-16)26-21(28)18-19(17-4-3-9-29-17)24-12-25-20(18)27-8-7-14(22)11-27/h3-6,9-10,12-14H,7-8,11H2,1-2H3,(H,26,28)/t14-/m0/s1. The molecule has 4 rings (SSSR count). The number of halogens is 1. The van der Waals surface area contributed by atoms with Gasteiger partial charge in [0.1, 0.15) is 29.6 Å². The van der Waals surface area contributed by atoms with Crippen LogP contribution in [0.2, 0.25) is 0 Å². The molecule has 0 bridgehead atoms. The highest BCUT2D eigenvalue weighted by molar-refractivity contribution is 6.11. The molecule has 7 nitrogen and oxygen atoms in total. The molecule has 0 saturated carbocycles. The van der Waals surface area contributed by atoms with E-state index >= 15 is 0 Å². The topological polar surface area (TPSA) is 84.2 Å². The van der Waals surface area contributed by atoms with Crippen LogP contribution >= 0.6 is 0 Å². The Balaban J connectivity index is 1.71. The lowest BCUT2D eigenvalue weighted by Gasteiger charge is -2.20. The van der Waals surface area contributed by atoms with E-state index in [9.17, 15) is 9.18 Å². The molecule has 1 aliphatic heterocycles. The first-order valence-electron chi connectivity index (χ1n) is 9.58. The Kier molecular flexibility index (Phi) is 5.24. The van der Waals surface area contributed by atoms with Gasteiger partial charge < -0.3 is 14.6 Å². The third-order valence-electron chi connectivity index (χ3n) is 4.87. The molecule has 8 heteroatoms. The van der Waals surface area contributed by atoms with Crippen molar-refractivity contribution in [1.82, 2.24) is 15.0 Å². The van der Waals surface area contributed by atoms with Gasteiger partial charge in [-0.3, -0.25) is 9.78 Å². The number of rotatable bonds is 5. The summed E-state index contributed by atoms with van der Waals surface area (Å²) in [7, 11) is 0. The second-order valence-corrected chi connectivity index (χ2v) is 7.31. The number of carbonyl (C=O) groups excluding carboxylic acids is 1. The fourth-order valence-corrected chi connectivity index (χ4v) is 3.35. The average molecular weight is 395 g/mol. The molecule has 1 fully saturated rings. The molecule has 150 valence electrons. The van der Waals surface area contributed by atoms with Gasteiger partial charge in [0.15, 0.2) is 5.76 Å². The van der Waals surface area contributed by atoms with Crippen LogP contribution < -0.4 is 10.2 Å².